The molecule has 3 aromatic carbocycles. The molecule has 27 heavy (non-hydrogen) atoms. The van der Waals surface area contributed by atoms with E-state index < -0.39 is 0 Å². The number of amides is 1. The molecule has 136 valence electrons. The molecule has 3 aromatic rings. The first kappa shape index (κ1) is 18.9. The summed E-state index contributed by atoms with van der Waals surface area (Å²) in [5, 5.41) is 11.3. The van der Waals surface area contributed by atoms with Gasteiger partial charge in [-0.1, -0.05) is 36.4 Å². The second kappa shape index (κ2) is 10.3. The topological polar surface area (TPSA) is 53.8 Å². The molecule has 0 heterocycles. The van der Waals surface area contributed by atoms with Crippen LogP contribution in [0.1, 0.15) is 12.8 Å². The van der Waals surface area contributed by atoms with Gasteiger partial charge in [0.15, 0.2) is 0 Å². The first-order valence-corrected chi connectivity index (χ1v) is 9.83. The lowest BCUT2D eigenvalue weighted by molar-refractivity contribution is -0.116. The fraction of sp³-hybridized carbons (Fsp3) is 0.136. The van der Waals surface area contributed by atoms with Gasteiger partial charge in [-0.2, -0.15) is 10.2 Å². The van der Waals surface area contributed by atoms with E-state index in [2.05, 4.69) is 27.7 Å². The van der Waals surface area contributed by atoms with Crippen molar-refractivity contribution in [3.8, 4) is 0 Å². The van der Waals surface area contributed by atoms with Crippen molar-refractivity contribution in [2.45, 2.75) is 17.7 Å². The van der Waals surface area contributed by atoms with E-state index in [9.17, 15) is 4.79 Å². The molecule has 0 bridgehead atoms. The lowest BCUT2D eigenvalue weighted by Gasteiger charge is -2.05. The van der Waals surface area contributed by atoms with Crippen LogP contribution in [0.15, 0.2) is 100 Å². The third-order valence-corrected chi connectivity index (χ3v) is 4.85. The molecule has 0 saturated carbocycles. The van der Waals surface area contributed by atoms with Crippen LogP contribution in [0.3, 0.4) is 0 Å². The zero-order valence-electron chi connectivity index (χ0n) is 14.9. The second-order valence-electron chi connectivity index (χ2n) is 5.90. The predicted octanol–water partition coefficient (Wildman–Crippen LogP) is 6.61. The Hall–Kier alpha value is -2.92. The molecule has 3 rings (SSSR count). The van der Waals surface area contributed by atoms with Gasteiger partial charge in [0, 0.05) is 17.0 Å². The van der Waals surface area contributed by atoms with Crippen LogP contribution in [-0.4, -0.2) is 11.7 Å². The van der Waals surface area contributed by atoms with Gasteiger partial charge in [-0.15, -0.1) is 11.8 Å². The Balaban J connectivity index is 1.41. The Bertz CT molecular complexity index is 865. The summed E-state index contributed by atoms with van der Waals surface area (Å²) in [6, 6.07) is 27.2. The normalized spacial score (nSPS) is 10.8. The van der Waals surface area contributed by atoms with Crippen LogP contribution in [0, 0.1) is 0 Å². The molecule has 0 aliphatic heterocycles. The lowest BCUT2D eigenvalue weighted by Crippen LogP contribution is -2.11. The average molecular weight is 375 g/mol. The van der Waals surface area contributed by atoms with Crippen molar-refractivity contribution >= 4 is 34.7 Å². The minimum atomic E-state index is 0.0299. The van der Waals surface area contributed by atoms with Crippen molar-refractivity contribution in [2.24, 2.45) is 10.2 Å². The summed E-state index contributed by atoms with van der Waals surface area (Å²) in [4.78, 5) is 13.3. The Morgan fingerprint density at radius 2 is 1.37 bits per heavy atom. The van der Waals surface area contributed by atoms with E-state index in [1.807, 2.05) is 72.8 Å². The number of thioether (sulfide) groups is 1. The summed E-state index contributed by atoms with van der Waals surface area (Å²) in [5.41, 5.74) is 2.33. The third kappa shape index (κ3) is 6.72. The van der Waals surface area contributed by atoms with Crippen LogP contribution in [0.2, 0.25) is 0 Å². The fourth-order valence-electron chi connectivity index (χ4n) is 2.38. The van der Waals surface area contributed by atoms with Gasteiger partial charge in [-0.3, -0.25) is 4.79 Å². The number of carbonyl (C=O) groups is 1. The molecule has 0 aliphatic rings. The largest absolute Gasteiger partial charge is 0.326 e. The zero-order chi connectivity index (χ0) is 18.7. The number of hydrogen-bond donors (Lipinski definition) is 1. The molecule has 0 saturated heterocycles. The SMILES string of the molecule is O=C(CCCSc1ccccc1)Nc1ccc(N=Nc2ccccc2)cc1. The van der Waals surface area contributed by atoms with Crippen LogP contribution < -0.4 is 5.32 Å². The molecule has 0 radical (unpaired) electrons. The smallest absolute Gasteiger partial charge is 0.224 e. The molecule has 0 unspecified atom stereocenters. The van der Waals surface area contributed by atoms with Crippen molar-refractivity contribution in [3.05, 3.63) is 84.9 Å². The molecule has 1 N–H and O–H groups in total. The van der Waals surface area contributed by atoms with Gasteiger partial charge in [0.2, 0.25) is 5.91 Å². The number of azo groups is 1. The van der Waals surface area contributed by atoms with E-state index in [0.717, 1.165) is 29.2 Å². The lowest BCUT2D eigenvalue weighted by atomic mass is 10.2. The van der Waals surface area contributed by atoms with Crippen LogP contribution in [0.25, 0.3) is 0 Å². The average Bonchev–Trinajstić information content (AvgIpc) is 2.72. The standard InChI is InChI=1S/C22H21N3OS/c26-22(12-7-17-27-21-10-5-2-6-11-21)23-18-13-15-20(16-14-18)25-24-19-8-3-1-4-9-19/h1-6,8-11,13-16H,7,12,17H2,(H,23,26). The summed E-state index contributed by atoms with van der Waals surface area (Å²) in [6.45, 7) is 0. The van der Waals surface area contributed by atoms with E-state index in [1.54, 1.807) is 11.8 Å². The van der Waals surface area contributed by atoms with Crippen LogP contribution in [-0.2, 0) is 4.79 Å². The minimum absolute atomic E-state index is 0.0299. The molecule has 0 aromatic heterocycles. The quantitative estimate of drug-likeness (QED) is 0.273. The Morgan fingerprint density at radius 3 is 2.04 bits per heavy atom. The van der Waals surface area contributed by atoms with Crippen molar-refractivity contribution in [2.75, 3.05) is 11.1 Å². The molecule has 0 aliphatic carbocycles. The van der Waals surface area contributed by atoms with E-state index in [-0.39, 0.29) is 5.91 Å². The summed E-state index contributed by atoms with van der Waals surface area (Å²) in [5.74, 6) is 0.957. The van der Waals surface area contributed by atoms with E-state index in [0.29, 0.717) is 6.42 Å². The maximum absolute atomic E-state index is 12.1. The predicted molar refractivity (Wildman–Crippen MR) is 112 cm³/mol. The number of hydrogen-bond acceptors (Lipinski definition) is 4. The molecule has 0 fully saturated rings. The molecule has 0 spiro atoms. The van der Waals surface area contributed by atoms with Crippen LogP contribution >= 0.6 is 11.8 Å². The van der Waals surface area contributed by atoms with Gasteiger partial charge in [-0.25, -0.2) is 0 Å². The highest BCUT2D eigenvalue weighted by molar-refractivity contribution is 7.99. The summed E-state index contributed by atoms with van der Waals surface area (Å²) < 4.78 is 0. The Labute approximate surface area is 163 Å². The molecular weight excluding hydrogens is 354 g/mol. The van der Waals surface area contributed by atoms with E-state index >= 15 is 0 Å². The molecule has 1 amide bonds. The van der Waals surface area contributed by atoms with Gasteiger partial charge in [0.05, 0.1) is 11.4 Å². The van der Waals surface area contributed by atoms with E-state index in [4.69, 9.17) is 0 Å². The molecular formula is C22H21N3OS. The van der Waals surface area contributed by atoms with Gasteiger partial charge in [0.1, 0.15) is 0 Å². The van der Waals surface area contributed by atoms with Gasteiger partial charge < -0.3 is 5.32 Å². The monoisotopic (exact) mass is 375 g/mol. The highest BCUT2D eigenvalue weighted by Gasteiger charge is 2.03. The number of carbonyl (C=O) groups excluding carboxylic acids is 1. The second-order valence-corrected chi connectivity index (χ2v) is 7.06. The van der Waals surface area contributed by atoms with E-state index in [1.165, 1.54) is 4.90 Å². The number of nitrogens with zero attached hydrogens (tertiary/aromatic N) is 2. The first-order chi connectivity index (χ1) is 13.3. The Kier molecular flexibility index (Phi) is 7.18. The highest BCUT2D eigenvalue weighted by atomic mass is 32.2. The van der Waals surface area contributed by atoms with Crippen LogP contribution in [0.5, 0.6) is 0 Å². The maximum Gasteiger partial charge on any atom is 0.224 e. The van der Waals surface area contributed by atoms with Gasteiger partial charge in [-0.05, 0) is 60.7 Å². The number of nitrogens with one attached hydrogen (secondary N) is 1. The number of rotatable bonds is 8. The highest BCUT2D eigenvalue weighted by Crippen LogP contribution is 2.21. The van der Waals surface area contributed by atoms with Gasteiger partial charge in [0.25, 0.3) is 0 Å². The van der Waals surface area contributed by atoms with Gasteiger partial charge >= 0.3 is 0 Å². The summed E-state index contributed by atoms with van der Waals surface area (Å²) in [7, 11) is 0. The Morgan fingerprint density at radius 1 is 0.778 bits per heavy atom. The van der Waals surface area contributed by atoms with Crippen molar-refractivity contribution in [1.82, 2.24) is 0 Å². The minimum Gasteiger partial charge on any atom is -0.326 e. The molecule has 5 heteroatoms. The first-order valence-electron chi connectivity index (χ1n) is 8.84. The molecule has 0 atom stereocenters. The van der Waals surface area contributed by atoms with Crippen molar-refractivity contribution in [1.29, 1.82) is 0 Å². The zero-order valence-corrected chi connectivity index (χ0v) is 15.7. The number of benzene rings is 3. The third-order valence-electron chi connectivity index (χ3n) is 3.75. The summed E-state index contributed by atoms with van der Waals surface area (Å²) >= 11 is 1.77. The number of anilines is 1. The van der Waals surface area contributed by atoms with Crippen molar-refractivity contribution in [3.63, 3.8) is 0 Å². The molecule has 4 nitrogen and oxygen atoms in total. The van der Waals surface area contributed by atoms with Crippen LogP contribution in [0.4, 0.5) is 17.1 Å². The maximum atomic E-state index is 12.1. The van der Waals surface area contributed by atoms with Crippen molar-refractivity contribution < 1.29 is 4.79 Å². The summed E-state index contributed by atoms with van der Waals surface area (Å²) in [6.07, 6.45) is 1.35. The fourth-order valence-corrected chi connectivity index (χ4v) is 3.26.